The molecule has 1 heterocycles. The van der Waals surface area contributed by atoms with Crippen LogP contribution in [-0.4, -0.2) is 31.0 Å². The molecule has 0 radical (unpaired) electrons. The van der Waals surface area contributed by atoms with Gasteiger partial charge in [0.15, 0.2) is 0 Å². The van der Waals surface area contributed by atoms with Crippen molar-refractivity contribution in [2.75, 3.05) is 19.8 Å². The fourth-order valence-electron chi connectivity index (χ4n) is 1.65. The lowest BCUT2D eigenvalue weighted by Gasteiger charge is -2.12. The van der Waals surface area contributed by atoms with Crippen LogP contribution in [0, 0.1) is 12.8 Å². The number of rotatable bonds is 8. The number of aliphatic hydroxyl groups is 1. The van der Waals surface area contributed by atoms with Gasteiger partial charge < -0.3 is 15.2 Å². The molecule has 0 amide bonds. The molecule has 2 N–H and O–H groups in total. The van der Waals surface area contributed by atoms with E-state index in [2.05, 4.69) is 23.7 Å². The Morgan fingerprint density at radius 2 is 2.41 bits per heavy atom. The van der Waals surface area contributed by atoms with Crippen LogP contribution in [0.4, 0.5) is 0 Å². The number of hydrogen-bond acceptors (Lipinski definition) is 4. The van der Waals surface area contributed by atoms with Crippen molar-refractivity contribution in [1.82, 2.24) is 5.32 Å². The summed E-state index contributed by atoms with van der Waals surface area (Å²) in [5.74, 6) is 0.768. The van der Waals surface area contributed by atoms with Crippen LogP contribution in [0.1, 0.15) is 23.3 Å². The highest BCUT2D eigenvalue weighted by atomic mass is 32.1. The highest BCUT2D eigenvalue weighted by molar-refractivity contribution is 7.10. The summed E-state index contributed by atoms with van der Waals surface area (Å²) < 4.78 is 5.44. The molecule has 1 aromatic rings. The number of aryl methyl sites for hydroxylation is 1. The molecule has 1 atom stereocenters. The van der Waals surface area contributed by atoms with Gasteiger partial charge in [0.1, 0.15) is 0 Å². The normalized spacial score (nSPS) is 17.3. The maximum Gasteiger partial charge on any atom is 0.0897 e. The number of nitrogens with one attached hydrogen (secondary N) is 1. The maximum atomic E-state index is 9.70. The van der Waals surface area contributed by atoms with Gasteiger partial charge in [-0.2, -0.15) is 0 Å². The zero-order valence-corrected chi connectivity index (χ0v) is 11.1. The second-order valence-corrected chi connectivity index (χ2v) is 5.79. The molecule has 1 saturated carbocycles. The molecule has 0 saturated heterocycles. The lowest BCUT2D eigenvalue weighted by atomic mass is 10.3. The Bertz CT molecular complexity index is 336. The minimum Gasteiger partial charge on any atom is -0.389 e. The first-order valence-corrected chi connectivity index (χ1v) is 7.13. The number of thiophene rings is 1. The van der Waals surface area contributed by atoms with Crippen LogP contribution in [0.2, 0.25) is 0 Å². The molecule has 1 aliphatic rings. The Morgan fingerprint density at radius 1 is 1.59 bits per heavy atom. The average molecular weight is 255 g/mol. The van der Waals surface area contributed by atoms with Gasteiger partial charge in [-0.25, -0.2) is 0 Å². The summed E-state index contributed by atoms with van der Waals surface area (Å²) in [6.45, 7) is 4.82. The molecule has 1 aliphatic carbocycles. The number of aliphatic hydroxyl groups excluding tert-OH is 1. The van der Waals surface area contributed by atoms with Crippen molar-refractivity contribution in [2.45, 2.75) is 32.4 Å². The maximum absolute atomic E-state index is 9.70. The Balaban J connectivity index is 1.53. The average Bonchev–Trinajstić information content (AvgIpc) is 3.03. The summed E-state index contributed by atoms with van der Waals surface area (Å²) >= 11 is 1.76. The molecule has 0 bridgehead atoms. The third kappa shape index (κ3) is 4.76. The molecular formula is C13H21NO2S. The largest absolute Gasteiger partial charge is 0.389 e. The SMILES string of the molecule is Cc1ccsc1CNCC(O)COCC1CC1. The Labute approximate surface area is 107 Å². The first kappa shape index (κ1) is 13.0. The highest BCUT2D eigenvalue weighted by Gasteiger charge is 2.21. The molecule has 1 aromatic heterocycles. The van der Waals surface area contributed by atoms with Gasteiger partial charge in [-0.05, 0) is 42.7 Å². The topological polar surface area (TPSA) is 41.5 Å². The van der Waals surface area contributed by atoms with Crippen molar-refractivity contribution in [1.29, 1.82) is 0 Å². The van der Waals surface area contributed by atoms with E-state index in [-0.39, 0.29) is 0 Å². The van der Waals surface area contributed by atoms with Gasteiger partial charge in [0.05, 0.1) is 12.7 Å². The van der Waals surface area contributed by atoms with E-state index < -0.39 is 6.10 Å². The second kappa shape index (κ2) is 6.50. The van der Waals surface area contributed by atoms with E-state index in [9.17, 15) is 5.11 Å². The fraction of sp³-hybridized carbons (Fsp3) is 0.692. The lowest BCUT2D eigenvalue weighted by Crippen LogP contribution is -2.30. The van der Waals surface area contributed by atoms with Crippen molar-refractivity contribution in [3.8, 4) is 0 Å². The van der Waals surface area contributed by atoms with Gasteiger partial charge in [0.2, 0.25) is 0 Å². The van der Waals surface area contributed by atoms with Gasteiger partial charge >= 0.3 is 0 Å². The molecule has 1 fully saturated rings. The van der Waals surface area contributed by atoms with Gasteiger partial charge in [-0.3, -0.25) is 0 Å². The van der Waals surface area contributed by atoms with E-state index in [1.165, 1.54) is 23.3 Å². The predicted molar refractivity (Wildman–Crippen MR) is 70.3 cm³/mol. The summed E-state index contributed by atoms with van der Waals surface area (Å²) in [6.07, 6.45) is 2.20. The van der Waals surface area contributed by atoms with Crippen LogP contribution >= 0.6 is 11.3 Å². The third-order valence-corrected chi connectivity index (χ3v) is 4.02. The summed E-state index contributed by atoms with van der Waals surface area (Å²) in [7, 11) is 0. The van der Waals surface area contributed by atoms with Crippen LogP contribution in [-0.2, 0) is 11.3 Å². The minimum absolute atomic E-state index is 0.394. The second-order valence-electron chi connectivity index (χ2n) is 4.79. The lowest BCUT2D eigenvalue weighted by molar-refractivity contribution is 0.0324. The molecule has 17 heavy (non-hydrogen) atoms. The predicted octanol–water partition coefficient (Wildman–Crippen LogP) is 1.93. The van der Waals surface area contributed by atoms with Crippen LogP contribution in [0.5, 0.6) is 0 Å². The quantitative estimate of drug-likeness (QED) is 0.746. The monoisotopic (exact) mass is 255 g/mol. The molecular weight excluding hydrogens is 234 g/mol. The van der Waals surface area contributed by atoms with Crippen LogP contribution < -0.4 is 5.32 Å². The smallest absolute Gasteiger partial charge is 0.0897 e. The van der Waals surface area contributed by atoms with E-state index in [0.29, 0.717) is 13.2 Å². The van der Waals surface area contributed by atoms with E-state index in [1.54, 1.807) is 11.3 Å². The first-order chi connectivity index (χ1) is 8.25. The van der Waals surface area contributed by atoms with Gasteiger partial charge in [0.25, 0.3) is 0 Å². The Hall–Kier alpha value is -0.420. The van der Waals surface area contributed by atoms with E-state index in [1.807, 2.05) is 0 Å². The summed E-state index contributed by atoms with van der Waals surface area (Å²) in [5, 5.41) is 15.1. The molecule has 3 nitrogen and oxygen atoms in total. The molecule has 0 aliphatic heterocycles. The molecule has 0 aromatic carbocycles. The van der Waals surface area contributed by atoms with Crippen molar-refractivity contribution >= 4 is 11.3 Å². The molecule has 96 valence electrons. The van der Waals surface area contributed by atoms with E-state index in [0.717, 1.165) is 19.1 Å². The first-order valence-electron chi connectivity index (χ1n) is 6.25. The third-order valence-electron chi connectivity index (χ3n) is 2.99. The van der Waals surface area contributed by atoms with E-state index >= 15 is 0 Å². The van der Waals surface area contributed by atoms with Gasteiger partial charge in [-0.1, -0.05) is 0 Å². The molecule has 2 rings (SSSR count). The van der Waals surface area contributed by atoms with E-state index in [4.69, 9.17) is 4.74 Å². The van der Waals surface area contributed by atoms with Crippen LogP contribution in [0.15, 0.2) is 11.4 Å². The van der Waals surface area contributed by atoms with Gasteiger partial charge in [0, 0.05) is 24.6 Å². The highest BCUT2D eigenvalue weighted by Crippen LogP contribution is 2.28. The summed E-state index contributed by atoms with van der Waals surface area (Å²) in [5.41, 5.74) is 1.32. The summed E-state index contributed by atoms with van der Waals surface area (Å²) in [4.78, 5) is 1.34. The van der Waals surface area contributed by atoms with Crippen molar-refractivity contribution in [3.05, 3.63) is 21.9 Å². The molecule has 0 spiro atoms. The number of ether oxygens (including phenoxy) is 1. The van der Waals surface area contributed by atoms with Crippen molar-refractivity contribution in [2.24, 2.45) is 5.92 Å². The van der Waals surface area contributed by atoms with Crippen molar-refractivity contribution in [3.63, 3.8) is 0 Å². The molecule has 4 heteroatoms. The minimum atomic E-state index is -0.394. The number of hydrogen-bond donors (Lipinski definition) is 2. The zero-order chi connectivity index (χ0) is 12.1. The van der Waals surface area contributed by atoms with Crippen molar-refractivity contribution < 1.29 is 9.84 Å². The summed E-state index contributed by atoms with van der Waals surface area (Å²) in [6, 6.07) is 2.12. The van der Waals surface area contributed by atoms with Crippen LogP contribution in [0.25, 0.3) is 0 Å². The molecule has 1 unspecified atom stereocenters. The Kier molecular flexibility index (Phi) is 4.98. The van der Waals surface area contributed by atoms with Gasteiger partial charge in [-0.15, -0.1) is 11.3 Å². The Morgan fingerprint density at radius 3 is 3.06 bits per heavy atom. The van der Waals surface area contributed by atoms with Crippen LogP contribution in [0.3, 0.4) is 0 Å². The zero-order valence-electron chi connectivity index (χ0n) is 10.3. The fourth-order valence-corrected chi connectivity index (χ4v) is 2.53. The standard InChI is InChI=1S/C13H21NO2S/c1-10-4-5-17-13(10)7-14-6-12(15)9-16-8-11-2-3-11/h4-5,11-12,14-15H,2-3,6-9H2,1H3.